The Balaban J connectivity index is 2.06. The van der Waals surface area contributed by atoms with E-state index in [9.17, 15) is 26.0 Å². The highest BCUT2D eigenvalue weighted by molar-refractivity contribution is 7.94. The van der Waals surface area contributed by atoms with Gasteiger partial charge in [0.15, 0.2) is 0 Å². The molecule has 0 spiro atoms. The van der Waals surface area contributed by atoms with Crippen molar-refractivity contribution in [1.29, 1.82) is 0 Å². The van der Waals surface area contributed by atoms with Crippen molar-refractivity contribution in [3.05, 3.63) is 47.2 Å². The van der Waals surface area contributed by atoms with Gasteiger partial charge >= 0.3 is 0 Å². The lowest BCUT2D eigenvalue weighted by Gasteiger charge is -2.18. The normalized spacial score (nSPS) is 16.2. The summed E-state index contributed by atoms with van der Waals surface area (Å²) in [5, 5.41) is -0.283. The zero-order chi connectivity index (χ0) is 20.7. The number of nitrogens with one attached hydrogen (secondary N) is 1. The molecular formula is C16H14ClFN2O6S2. The standard InChI is InChI=1S/C16H14ClFN2O6S2/c1-26-14-5-3-11(20-16(21)6-7-27(20,22)23)9-15(14)28(24,25)19-10-2-4-13(18)12(17)8-10/h2-5,8-9,19H,6-7H2,1H3. The summed E-state index contributed by atoms with van der Waals surface area (Å²) >= 11 is 5.66. The zero-order valence-corrected chi connectivity index (χ0v) is 16.7. The summed E-state index contributed by atoms with van der Waals surface area (Å²) in [6.07, 6.45) is -0.192. The Hall–Kier alpha value is -2.37. The van der Waals surface area contributed by atoms with Gasteiger partial charge in [0.1, 0.15) is 16.5 Å². The number of sulfonamides is 2. The van der Waals surface area contributed by atoms with Crippen LogP contribution >= 0.6 is 11.6 Å². The van der Waals surface area contributed by atoms with Crippen molar-refractivity contribution < 1.29 is 30.8 Å². The van der Waals surface area contributed by atoms with Crippen LogP contribution in [-0.4, -0.2) is 35.6 Å². The van der Waals surface area contributed by atoms with Crippen LogP contribution in [0.1, 0.15) is 6.42 Å². The number of carbonyl (C=O) groups is 1. The lowest BCUT2D eigenvalue weighted by atomic mass is 10.3. The number of methoxy groups -OCH3 is 1. The number of ether oxygens (including phenoxy) is 1. The molecule has 0 bridgehead atoms. The van der Waals surface area contributed by atoms with Gasteiger partial charge in [-0.3, -0.25) is 9.52 Å². The largest absolute Gasteiger partial charge is 0.495 e. The van der Waals surface area contributed by atoms with Crippen LogP contribution in [0, 0.1) is 5.82 Å². The van der Waals surface area contributed by atoms with Gasteiger partial charge in [0, 0.05) is 6.42 Å². The molecule has 2 aromatic carbocycles. The van der Waals surface area contributed by atoms with Gasteiger partial charge in [0.05, 0.1) is 29.3 Å². The third-order valence-electron chi connectivity index (χ3n) is 3.92. The van der Waals surface area contributed by atoms with E-state index in [1.54, 1.807) is 0 Å². The third-order valence-corrected chi connectivity index (χ3v) is 7.30. The summed E-state index contributed by atoms with van der Waals surface area (Å²) in [6, 6.07) is 6.77. The van der Waals surface area contributed by atoms with E-state index < -0.39 is 36.7 Å². The molecule has 1 amide bonds. The van der Waals surface area contributed by atoms with Gasteiger partial charge in [-0.05, 0) is 36.4 Å². The molecule has 150 valence electrons. The monoisotopic (exact) mass is 448 g/mol. The smallest absolute Gasteiger partial charge is 0.265 e. The molecule has 1 aliphatic rings. The highest BCUT2D eigenvalue weighted by Crippen LogP contribution is 2.33. The molecule has 0 saturated carbocycles. The molecule has 1 fully saturated rings. The molecule has 0 atom stereocenters. The number of benzene rings is 2. The Morgan fingerprint density at radius 2 is 1.93 bits per heavy atom. The Kier molecular flexibility index (Phi) is 5.26. The second-order valence-corrected chi connectivity index (χ2v) is 9.79. The summed E-state index contributed by atoms with van der Waals surface area (Å²) in [5.74, 6) is -1.81. The van der Waals surface area contributed by atoms with E-state index in [4.69, 9.17) is 16.3 Å². The van der Waals surface area contributed by atoms with Gasteiger partial charge in [-0.15, -0.1) is 0 Å². The van der Waals surface area contributed by atoms with E-state index in [0.717, 1.165) is 18.2 Å². The second-order valence-electron chi connectivity index (χ2n) is 5.79. The van der Waals surface area contributed by atoms with Crippen molar-refractivity contribution in [2.75, 3.05) is 21.9 Å². The van der Waals surface area contributed by atoms with Crippen LogP contribution in [-0.2, 0) is 24.8 Å². The van der Waals surface area contributed by atoms with Gasteiger partial charge in [0.25, 0.3) is 10.0 Å². The number of hydrogen-bond acceptors (Lipinski definition) is 6. The first-order valence-corrected chi connectivity index (χ1v) is 11.2. The second kappa shape index (κ2) is 7.22. The highest BCUT2D eigenvalue weighted by atomic mass is 35.5. The van der Waals surface area contributed by atoms with E-state index >= 15 is 0 Å². The molecule has 0 unspecified atom stereocenters. The maximum atomic E-state index is 13.3. The topological polar surface area (TPSA) is 110 Å². The molecule has 1 heterocycles. The lowest BCUT2D eigenvalue weighted by molar-refractivity contribution is -0.116. The predicted molar refractivity (Wildman–Crippen MR) is 101 cm³/mol. The Morgan fingerprint density at radius 1 is 1.21 bits per heavy atom. The molecule has 12 heteroatoms. The minimum atomic E-state index is -4.28. The van der Waals surface area contributed by atoms with Crippen molar-refractivity contribution >= 4 is 48.9 Å². The SMILES string of the molecule is COc1ccc(N2C(=O)CCS2(=O)=O)cc1S(=O)(=O)Nc1ccc(F)c(Cl)c1. The van der Waals surface area contributed by atoms with E-state index in [1.807, 2.05) is 0 Å². The van der Waals surface area contributed by atoms with Crippen molar-refractivity contribution in [3.8, 4) is 5.75 Å². The van der Waals surface area contributed by atoms with Gasteiger partial charge in [-0.25, -0.2) is 25.5 Å². The van der Waals surface area contributed by atoms with Crippen LogP contribution < -0.4 is 13.8 Å². The number of carbonyl (C=O) groups excluding carboxylic acids is 1. The summed E-state index contributed by atoms with van der Waals surface area (Å²) in [6.45, 7) is 0. The maximum absolute atomic E-state index is 13.3. The molecule has 28 heavy (non-hydrogen) atoms. The third kappa shape index (κ3) is 3.77. The Labute approximate surface area is 166 Å². The van der Waals surface area contributed by atoms with Crippen LogP contribution in [0.25, 0.3) is 0 Å². The van der Waals surface area contributed by atoms with Crippen LogP contribution in [0.3, 0.4) is 0 Å². The van der Waals surface area contributed by atoms with E-state index in [-0.39, 0.29) is 34.3 Å². The number of rotatable bonds is 5. The summed E-state index contributed by atoms with van der Waals surface area (Å²) in [5.41, 5.74) is -0.135. The van der Waals surface area contributed by atoms with Crippen molar-refractivity contribution in [1.82, 2.24) is 0 Å². The van der Waals surface area contributed by atoms with Crippen molar-refractivity contribution in [2.24, 2.45) is 0 Å². The van der Waals surface area contributed by atoms with Crippen LogP contribution in [0.4, 0.5) is 15.8 Å². The van der Waals surface area contributed by atoms with Crippen LogP contribution in [0.2, 0.25) is 5.02 Å². The fraction of sp³-hybridized carbons (Fsp3) is 0.188. The molecular weight excluding hydrogens is 435 g/mol. The summed E-state index contributed by atoms with van der Waals surface area (Å²) in [7, 11) is -6.92. The number of amides is 1. The lowest BCUT2D eigenvalue weighted by Crippen LogP contribution is -2.29. The molecule has 2 aromatic rings. The Morgan fingerprint density at radius 3 is 2.50 bits per heavy atom. The van der Waals surface area contributed by atoms with Gasteiger partial charge < -0.3 is 4.74 Å². The Bertz CT molecular complexity index is 1170. The first-order chi connectivity index (χ1) is 13.0. The molecule has 1 N–H and O–H groups in total. The number of halogens is 2. The average Bonchev–Trinajstić information content (AvgIpc) is 2.90. The van der Waals surface area contributed by atoms with E-state index in [0.29, 0.717) is 4.31 Å². The fourth-order valence-corrected chi connectivity index (χ4v) is 5.51. The number of anilines is 2. The summed E-state index contributed by atoms with van der Waals surface area (Å²) in [4.78, 5) is 11.6. The fourth-order valence-electron chi connectivity index (χ4n) is 2.64. The van der Waals surface area contributed by atoms with Gasteiger partial charge in [-0.2, -0.15) is 0 Å². The van der Waals surface area contributed by atoms with Crippen LogP contribution in [0.15, 0.2) is 41.3 Å². The molecule has 0 radical (unpaired) electrons. The molecule has 1 saturated heterocycles. The predicted octanol–water partition coefficient (Wildman–Crippen LogP) is 2.36. The highest BCUT2D eigenvalue weighted by Gasteiger charge is 2.37. The van der Waals surface area contributed by atoms with Gasteiger partial charge in [0.2, 0.25) is 15.9 Å². The van der Waals surface area contributed by atoms with Crippen molar-refractivity contribution in [2.45, 2.75) is 11.3 Å². The van der Waals surface area contributed by atoms with E-state index in [2.05, 4.69) is 4.72 Å². The quantitative estimate of drug-likeness (QED) is 0.751. The molecule has 0 aliphatic carbocycles. The van der Waals surface area contributed by atoms with Crippen LogP contribution in [0.5, 0.6) is 5.75 Å². The maximum Gasteiger partial charge on any atom is 0.265 e. The van der Waals surface area contributed by atoms with Crippen molar-refractivity contribution in [3.63, 3.8) is 0 Å². The number of hydrogen-bond donors (Lipinski definition) is 1. The minimum absolute atomic E-state index is 0.0104. The summed E-state index contributed by atoms with van der Waals surface area (Å²) < 4.78 is 70.9. The first-order valence-electron chi connectivity index (χ1n) is 7.77. The number of nitrogens with zero attached hydrogens (tertiary/aromatic N) is 1. The first kappa shape index (κ1) is 20.4. The minimum Gasteiger partial charge on any atom is -0.495 e. The average molecular weight is 449 g/mol. The molecule has 8 nitrogen and oxygen atoms in total. The van der Waals surface area contributed by atoms with Gasteiger partial charge in [-0.1, -0.05) is 11.6 Å². The molecule has 3 rings (SSSR count). The molecule has 1 aliphatic heterocycles. The zero-order valence-electron chi connectivity index (χ0n) is 14.3. The molecule has 0 aromatic heterocycles. The van der Waals surface area contributed by atoms with E-state index in [1.165, 1.54) is 25.3 Å².